The molecule has 0 amide bonds. The molecular weight excluding hydrogens is 567 g/mol. The van der Waals surface area contributed by atoms with E-state index in [1.165, 1.54) is 36.4 Å². The van der Waals surface area contributed by atoms with Crippen LogP contribution in [0.5, 0.6) is 0 Å². The van der Waals surface area contributed by atoms with Gasteiger partial charge in [-0.3, -0.25) is 10.6 Å². The number of nitrogens with two attached hydrogens (primary N) is 2. The molecule has 44 heavy (non-hydrogen) atoms. The number of aryl methyl sites for hydroxylation is 1. The molecule has 2 aliphatic heterocycles. The largest absolute Gasteiger partial charge is 0.383 e. The number of thioether (sulfide) groups is 1. The maximum absolute atomic E-state index is 7.03. The summed E-state index contributed by atoms with van der Waals surface area (Å²) >= 11 is 1.69. The van der Waals surface area contributed by atoms with E-state index in [4.69, 9.17) is 16.6 Å². The van der Waals surface area contributed by atoms with Crippen LogP contribution < -0.4 is 16.8 Å². The Bertz CT molecular complexity index is 1660. The zero-order valence-electron chi connectivity index (χ0n) is 26.0. The van der Waals surface area contributed by atoms with Gasteiger partial charge in [0.05, 0.1) is 17.1 Å². The molecule has 2 aromatic heterocycles. The van der Waals surface area contributed by atoms with Crippen LogP contribution in [0.25, 0.3) is 28.0 Å². The van der Waals surface area contributed by atoms with E-state index in [0.717, 1.165) is 71.5 Å². The second-order valence-electron chi connectivity index (χ2n) is 12.6. The second-order valence-corrected chi connectivity index (χ2v) is 14.0. The molecule has 1 saturated heterocycles. The summed E-state index contributed by atoms with van der Waals surface area (Å²) < 4.78 is 2.13. The topological polar surface area (TPSA) is 114 Å². The highest BCUT2D eigenvalue weighted by Gasteiger charge is 2.37. The number of nitrogens with one attached hydrogen (secondary N) is 1. The number of allylic oxidation sites excluding steroid dienone is 1. The minimum atomic E-state index is -0.754. The number of hydrogen-bond acceptors (Lipinski definition) is 9. The third kappa shape index (κ3) is 5.38. The highest BCUT2D eigenvalue weighted by Crippen LogP contribution is 2.47. The van der Waals surface area contributed by atoms with Crippen LogP contribution in [0.4, 0.5) is 5.82 Å². The van der Waals surface area contributed by atoms with Crippen molar-refractivity contribution in [3.8, 4) is 11.3 Å². The van der Waals surface area contributed by atoms with Crippen LogP contribution in [0.2, 0.25) is 0 Å². The Balaban J connectivity index is 1.13. The number of aromatic nitrogens is 4. The Morgan fingerprint density at radius 1 is 0.909 bits per heavy atom. The van der Waals surface area contributed by atoms with Crippen molar-refractivity contribution < 1.29 is 0 Å². The summed E-state index contributed by atoms with van der Waals surface area (Å²) in [4.78, 5) is 14.7. The SMILES string of the molecule is CCC1=C(c2ccc(C)cc2)NC(N)(c2ccc(-c3nn(C4CCC(N5CCN(C)CC5)CC4)c4ncnc(N)c34)cc2)S1. The van der Waals surface area contributed by atoms with Gasteiger partial charge in [0.25, 0.3) is 0 Å². The lowest BCUT2D eigenvalue weighted by atomic mass is 9.90. The fourth-order valence-electron chi connectivity index (χ4n) is 7.04. The number of fused-ring (bicyclic) bond motifs is 1. The number of nitrogen functional groups attached to an aromatic ring is 1. The third-order valence-electron chi connectivity index (χ3n) is 9.71. The number of rotatable bonds is 6. The highest BCUT2D eigenvalue weighted by molar-refractivity contribution is 8.04. The van der Waals surface area contributed by atoms with Crippen molar-refractivity contribution in [2.45, 2.75) is 63.0 Å². The summed E-state index contributed by atoms with van der Waals surface area (Å²) in [5, 5.41) is 9.65. The van der Waals surface area contributed by atoms with Gasteiger partial charge in [-0.25, -0.2) is 14.6 Å². The molecule has 2 fully saturated rings. The Morgan fingerprint density at radius 2 is 1.57 bits per heavy atom. The summed E-state index contributed by atoms with van der Waals surface area (Å²) in [6.45, 7) is 8.94. The predicted molar refractivity (Wildman–Crippen MR) is 181 cm³/mol. The molecule has 1 saturated carbocycles. The van der Waals surface area contributed by atoms with Crippen molar-refractivity contribution >= 4 is 34.3 Å². The molecule has 4 heterocycles. The Morgan fingerprint density at radius 3 is 2.25 bits per heavy atom. The number of piperazine rings is 1. The van der Waals surface area contributed by atoms with Gasteiger partial charge in [0.1, 0.15) is 17.8 Å². The highest BCUT2D eigenvalue weighted by atomic mass is 32.2. The van der Waals surface area contributed by atoms with Crippen LogP contribution in [0.3, 0.4) is 0 Å². The lowest BCUT2D eigenvalue weighted by Crippen LogP contribution is -2.49. The van der Waals surface area contributed by atoms with Gasteiger partial charge in [0.2, 0.25) is 0 Å². The van der Waals surface area contributed by atoms with Crippen molar-refractivity contribution in [3.63, 3.8) is 0 Å². The molecule has 1 atom stereocenters. The molecule has 0 spiro atoms. The monoisotopic (exact) mass is 609 g/mol. The van der Waals surface area contributed by atoms with E-state index in [1.807, 2.05) is 0 Å². The van der Waals surface area contributed by atoms with Gasteiger partial charge in [-0.05, 0) is 51.6 Å². The van der Waals surface area contributed by atoms with E-state index in [0.29, 0.717) is 17.9 Å². The van der Waals surface area contributed by atoms with Gasteiger partial charge < -0.3 is 16.0 Å². The fourth-order valence-corrected chi connectivity index (χ4v) is 8.25. The first-order chi connectivity index (χ1) is 21.3. The molecule has 1 unspecified atom stereocenters. The summed E-state index contributed by atoms with van der Waals surface area (Å²) in [6, 6.07) is 18.0. The van der Waals surface area contributed by atoms with Gasteiger partial charge in [0.15, 0.2) is 10.6 Å². The summed E-state index contributed by atoms with van der Waals surface area (Å²) in [7, 11) is 2.22. The summed E-state index contributed by atoms with van der Waals surface area (Å²) in [5.41, 5.74) is 20.7. The van der Waals surface area contributed by atoms with Gasteiger partial charge in [-0.2, -0.15) is 5.10 Å². The zero-order valence-corrected chi connectivity index (χ0v) is 26.8. The number of anilines is 1. The molecule has 2 aromatic carbocycles. The average molecular weight is 610 g/mol. The van der Waals surface area contributed by atoms with Gasteiger partial charge in [0, 0.05) is 48.3 Å². The number of benzene rings is 2. The quantitative estimate of drug-likeness (QED) is 0.268. The van der Waals surface area contributed by atoms with Crippen molar-refractivity contribution in [1.82, 2.24) is 34.9 Å². The molecule has 0 bridgehead atoms. The zero-order chi connectivity index (χ0) is 30.4. The fraction of sp³-hybridized carbons (Fsp3) is 0.441. The minimum absolute atomic E-state index is 0.300. The predicted octanol–water partition coefficient (Wildman–Crippen LogP) is 5.30. The van der Waals surface area contributed by atoms with Crippen LogP contribution in [-0.2, 0) is 4.99 Å². The van der Waals surface area contributed by atoms with Gasteiger partial charge >= 0.3 is 0 Å². The van der Waals surface area contributed by atoms with E-state index in [9.17, 15) is 0 Å². The first-order valence-corrected chi connectivity index (χ1v) is 16.7. The molecule has 1 aliphatic carbocycles. The van der Waals surface area contributed by atoms with Gasteiger partial charge in [-0.1, -0.05) is 72.8 Å². The van der Waals surface area contributed by atoms with Crippen molar-refractivity contribution in [1.29, 1.82) is 0 Å². The van der Waals surface area contributed by atoms with Crippen LogP contribution >= 0.6 is 11.8 Å². The Hall–Kier alpha value is -3.44. The molecular formula is C34H43N9S. The third-order valence-corrected chi connectivity index (χ3v) is 11.1. The molecule has 3 aliphatic rings. The van der Waals surface area contributed by atoms with Crippen LogP contribution in [0, 0.1) is 6.92 Å². The van der Waals surface area contributed by atoms with E-state index in [2.05, 4.69) is 99.2 Å². The summed E-state index contributed by atoms with van der Waals surface area (Å²) in [6.07, 6.45) is 7.01. The molecule has 9 nitrogen and oxygen atoms in total. The maximum Gasteiger partial charge on any atom is 0.165 e. The van der Waals surface area contributed by atoms with Gasteiger partial charge in [-0.15, -0.1) is 0 Å². The van der Waals surface area contributed by atoms with Crippen LogP contribution in [0.1, 0.15) is 61.8 Å². The first-order valence-electron chi connectivity index (χ1n) is 15.9. The smallest absolute Gasteiger partial charge is 0.165 e. The Kier molecular flexibility index (Phi) is 7.86. The second kappa shape index (κ2) is 11.8. The molecule has 0 radical (unpaired) electrons. The van der Waals surface area contributed by atoms with E-state index >= 15 is 0 Å². The van der Waals surface area contributed by atoms with Crippen LogP contribution in [0.15, 0.2) is 59.8 Å². The lowest BCUT2D eigenvalue weighted by Gasteiger charge is -2.41. The maximum atomic E-state index is 7.03. The van der Waals surface area contributed by atoms with E-state index in [1.54, 1.807) is 18.1 Å². The molecule has 7 rings (SSSR count). The summed E-state index contributed by atoms with van der Waals surface area (Å²) in [5.74, 6) is 0.467. The van der Waals surface area contributed by atoms with E-state index in [-0.39, 0.29) is 0 Å². The lowest BCUT2D eigenvalue weighted by molar-refractivity contribution is 0.0815. The Labute approximate surface area is 264 Å². The average Bonchev–Trinajstić information content (AvgIpc) is 3.62. The van der Waals surface area contributed by atoms with Crippen molar-refractivity contribution in [2.75, 3.05) is 39.0 Å². The molecule has 10 heteroatoms. The standard InChI is InChI=1S/C34H43N9S/c1-4-28-30(23-7-5-22(2)6-8-23)39-34(36,44-28)25-11-9-24(10-12-25)31-29-32(35)37-21-38-33(29)43(40-31)27-15-13-26(14-16-27)42-19-17-41(3)18-20-42/h5-12,21,26-27,39H,4,13-20,36H2,1-3H3,(H2,35,37,38). The van der Waals surface area contributed by atoms with E-state index < -0.39 is 4.99 Å². The molecule has 230 valence electrons. The number of hydrogen-bond donors (Lipinski definition) is 3. The van der Waals surface area contributed by atoms with Crippen molar-refractivity contribution in [2.24, 2.45) is 5.73 Å². The van der Waals surface area contributed by atoms with Crippen LogP contribution in [-0.4, -0.2) is 68.8 Å². The molecule has 4 aromatic rings. The molecule has 5 N–H and O–H groups in total. The first kappa shape index (κ1) is 29.3. The number of likely N-dealkylation sites (N-methyl/N-ethyl adjacent to an activating group) is 1. The van der Waals surface area contributed by atoms with Crippen molar-refractivity contribution in [3.05, 3.63) is 76.5 Å². The number of nitrogens with zero attached hydrogens (tertiary/aromatic N) is 6. The minimum Gasteiger partial charge on any atom is -0.383 e. The normalized spacial score (nSPS) is 25.1.